The molecule has 4 nitrogen and oxygen atoms in total. The zero-order valence-electron chi connectivity index (χ0n) is 16.8. The van der Waals surface area contributed by atoms with Crippen LogP contribution in [0.3, 0.4) is 0 Å². The number of hydrogen-bond acceptors (Lipinski definition) is 4. The Morgan fingerprint density at radius 1 is 1.03 bits per heavy atom. The van der Waals surface area contributed by atoms with Crippen molar-refractivity contribution in [1.82, 2.24) is 10.6 Å². The second-order valence-corrected chi connectivity index (χ2v) is 8.64. The summed E-state index contributed by atoms with van der Waals surface area (Å²) < 4.78 is 85.6. The minimum absolute atomic E-state index is 0.000262. The number of carbonyl (C=O) groups excluding carboxylic acids is 1. The molecule has 2 atom stereocenters. The molecule has 2 unspecified atom stereocenters. The summed E-state index contributed by atoms with van der Waals surface area (Å²) in [4.78, 5) is 12.5. The van der Waals surface area contributed by atoms with Gasteiger partial charge in [0, 0.05) is 23.6 Å². The number of nitrogens with one attached hydrogen (secondary N) is 2. The van der Waals surface area contributed by atoms with Crippen molar-refractivity contribution in [2.24, 2.45) is 0 Å². The van der Waals surface area contributed by atoms with Crippen LogP contribution in [0.5, 0.6) is 0 Å². The van der Waals surface area contributed by atoms with Crippen LogP contribution in [0.25, 0.3) is 0 Å². The summed E-state index contributed by atoms with van der Waals surface area (Å²) in [5, 5.41) is 6.04. The smallest absolute Gasteiger partial charge is 0.379 e. The summed E-state index contributed by atoms with van der Waals surface area (Å²) >= 11 is 0.666. The van der Waals surface area contributed by atoms with Crippen LogP contribution in [0.2, 0.25) is 0 Å². The Labute approximate surface area is 180 Å². The van der Waals surface area contributed by atoms with E-state index in [0.29, 0.717) is 30.9 Å². The third-order valence-electron chi connectivity index (χ3n) is 5.66. The van der Waals surface area contributed by atoms with Crippen molar-refractivity contribution in [3.63, 3.8) is 0 Å². The first-order valence-electron chi connectivity index (χ1n) is 10.0. The van der Waals surface area contributed by atoms with Crippen molar-refractivity contribution >= 4 is 17.7 Å². The molecule has 3 rings (SSSR count). The van der Waals surface area contributed by atoms with Crippen molar-refractivity contribution in [2.75, 3.05) is 19.5 Å². The topological polar surface area (TPSA) is 50.4 Å². The predicted molar refractivity (Wildman–Crippen MR) is 104 cm³/mol. The summed E-state index contributed by atoms with van der Waals surface area (Å²) in [6.45, 7) is 0.577. The Hall–Kier alpha value is -1.46. The lowest BCUT2D eigenvalue weighted by Gasteiger charge is -2.35. The number of halogens is 6. The number of hydrogen-bond donors (Lipinski definition) is 2. The van der Waals surface area contributed by atoms with Crippen LogP contribution in [0.1, 0.15) is 53.6 Å². The molecule has 1 saturated carbocycles. The van der Waals surface area contributed by atoms with E-state index in [-0.39, 0.29) is 29.7 Å². The van der Waals surface area contributed by atoms with E-state index in [0.717, 1.165) is 25.7 Å². The van der Waals surface area contributed by atoms with Gasteiger partial charge in [0.2, 0.25) is 0 Å². The maximum atomic E-state index is 13.6. The second kappa shape index (κ2) is 9.58. The summed E-state index contributed by atoms with van der Waals surface area (Å²) in [5.41, 5.74) is -3.83. The first-order chi connectivity index (χ1) is 14.5. The van der Waals surface area contributed by atoms with Crippen molar-refractivity contribution in [3.05, 3.63) is 28.8 Å². The number of thioether (sulfide) groups is 1. The highest BCUT2D eigenvalue weighted by molar-refractivity contribution is 7.98. The van der Waals surface area contributed by atoms with E-state index >= 15 is 0 Å². The number of rotatable bonds is 5. The van der Waals surface area contributed by atoms with Crippen molar-refractivity contribution in [2.45, 2.75) is 67.5 Å². The fourth-order valence-electron chi connectivity index (χ4n) is 4.11. The molecule has 2 aliphatic rings. The zero-order valence-corrected chi connectivity index (χ0v) is 17.6. The van der Waals surface area contributed by atoms with E-state index in [1.54, 1.807) is 0 Å². The van der Waals surface area contributed by atoms with Crippen LogP contribution < -0.4 is 10.6 Å². The molecule has 0 aromatic heterocycles. The lowest BCUT2D eigenvalue weighted by Crippen LogP contribution is -2.57. The van der Waals surface area contributed by atoms with E-state index in [1.807, 2.05) is 0 Å². The maximum absolute atomic E-state index is 13.6. The van der Waals surface area contributed by atoms with Crippen molar-refractivity contribution in [3.8, 4) is 0 Å². The first kappa shape index (κ1) is 24.2. The molecule has 0 spiro atoms. The SMILES string of the molecule is CSc1cc(C(F)(F)F)cc(C(F)(F)F)c1C(=O)NC1COCCC1NC1CCCC1. The molecular formula is C20H24F6N2O2S. The Kier molecular flexibility index (Phi) is 7.47. The lowest BCUT2D eigenvalue weighted by molar-refractivity contribution is -0.143. The third-order valence-corrected chi connectivity index (χ3v) is 6.42. The van der Waals surface area contributed by atoms with Gasteiger partial charge in [-0.3, -0.25) is 4.79 Å². The van der Waals surface area contributed by atoms with Crippen LogP contribution in [-0.2, 0) is 17.1 Å². The van der Waals surface area contributed by atoms with Gasteiger partial charge in [-0.1, -0.05) is 12.8 Å². The molecule has 1 saturated heterocycles. The number of carbonyl (C=O) groups is 1. The van der Waals surface area contributed by atoms with E-state index in [4.69, 9.17) is 4.74 Å². The standard InChI is InChI=1S/C20H24F6N2O2S/c1-31-16-9-11(19(21,22)23)8-13(20(24,25)26)17(16)18(29)28-15-10-30-7-6-14(15)27-12-4-2-3-5-12/h8-9,12,14-15,27H,2-7,10H2,1H3,(H,28,29). The maximum Gasteiger partial charge on any atom is 0.417 e. The van der Waals surface area contributed by atoms with E-state index in [9.17, 15) is 31.1 Å². The van der Waals surface area contributed by atoms with Gasteiger partial charge in [0.05, 0.1) is 29.3 Å². The summed E-state index contributed by atoms with van der Waals surface area (Å²) in [7, 11) is 0. The molecule has 174 valence electrons. The number of amides is 1. The number of alkyl halides is 6. The molecule has 11 heteroatoms. The molecular weight excluding hydrogens is 446 g/mol. The first-order valence-corrected chi connectivity index (χ1v) is 11.2. The number of ether oxygens (including phenoxy) is 1. The molecule has 1 aliphatic heterocycles. The predicted octanol–water partition coefficient (Wildman–Crippen LogP) is 4.87. The van der Waals surface area contributed by atoms with Crippen LogP contribution in [0.15, 0.2) is 17.0 Å². The average Bonchev–Trinajstić information content (AvgIpc) is 3.20. The van der Waals surface area contributed by atoms with Gasteiger partial charge in [0.15, 0.2) is 0 Å². The fourth-order valence-corrected chi connectivity index (χ4v) is 4.76. The quantitative estimate of drug-likeness (QED) is 0.477. The van der Waals surface area contributed by atoms with Gasteiger partial charge in [0.1, 0.15) is 0 Å². The van der Waals surface area contributed by atoms with Gasteiger partial charge in [-0.05, 0) is 37.7 Å². The van der Waals surface area contributed by atoms with Gasteiger partial charge in [-0.25, -0.2) is 0 Å². The van der Waals surface area contributed by atoms with Gasteiger partial charge in [-0.2, -0.15) is 26.3 Å². The molecule has 0 radical (unpaired) electrons. The van der Waals surface area contributed by atoms with E-state index in [1.165, 1.54) is 6.26 Å². The molecule has 2 fully saturated rings. The van der Waals surface area contributed by atoms with Gasteiger partial charge in [-0.15, -0.1) is 11.8 Å². The minimum atomic E-state index is -5.12. The molecule has 31 heavy (non-hydrogen) atoms. The Morgan fingerprint density at radius 2 is 1.71 bits per heavy atom. The molecule has 1 aromatic carbocycles. The van der Waals surface area contributed by atoms with Crippen LogP contribution in [-0.4, -0.2) is 43.5 Å². The monoisotopic (exact) mass is 470 g/mol. The Bertz CT molecular complexity index is 793. The van der Waals surface area contributed by atoms with Crippen LogP contribution in [0, 0.1) is 0 Å². The van der Waals surface area contributed by atoms with Crippen molar-refractivity contribution < 1.29 is 35.9 Å². The fraction of sp³-hybridized carbons (Fsp3) is 0.650. The molecule has 1 amide bonds. The minimum Gasteiger partial charge on any atom is -0.379 e. The average molecular weight is 470 g/mol. The highest BCUT2D eigenvalue weighted by atomic mass is 32.2. The normalized spacial score (nSPS) is 23.2. The van der Waals surface area contributed by atoms with Gasteiger partial charge >= 0.3 is 12.4 Å². The number of benzene rings is 1. The molecule has 1 heterocycles. The van der Waals surface area contributed by atoms with E-state index in [2.05, 4.69) is 10.6 Å². The molecule has 1 aromatic rings. The van der Waals surface area contributed by atoms with Crippen molar-refractivity contribution in [1.29, 1.82) is 0 Å². The summed E-state index contributed by atoms with van der Waals surface area (Å²) in [6, 6.07) is 0.101. The Balaban J connectivity index is 1.90. The summed E-state index contributed by atoms with van der Waals surface area (Å²) in [6.07, 6.45) is -4.00. The van der Waals surface area contributed by atoms with Gasteiger partial charge < -0.3 is 15.4 Å². The third kappa shape index (κ3) is 5.87. The second-order valence-electron chi connectivity index (χ2n) is 7.79. The molecule has 1 aliphatic carbocycles. The van der Waals surface area contributed by atoms with E-state index < -0.39 is 41.0 Å². The molecule has 2 N–H and O–H groups in total. The van der Waals surface area contributed by atoms with Crippen LogP contribution >= 0.6 is 11.8 Å². The highest BCUT2D eigenvalue weighted by Crippen LogP contribution is 2.41. The molecule has 0 bridgehead atoms. The van der Waals surface area contributed by atoms with Crippen LogP contribution in [0.4, 0.5) is 26.3 Å². The zero-order chi connectivity index (χ0) is 22.8. The summed E-state index contributed by atoms with van der Waals surface area (Å²) in [5.74, 6) is -1.06. The van der Waals surface area contributed by atoms with Gasteiger partial charge in [0.25, 0.3) is 5.91 Å². The lowest BCUT2D eigenvalue weighted by atomic mass is 9.99. The Morgan fingerprint density at radius 3 is 2.29 bits per heavy atom. The largest absolute Gasteiger partial charge is 0.417 e. The highest BCUT2D eigenvalue weighted by Gasteiger charge is 2.42.